The zero-order valence-corrected chi connectivity index (χ0v) is 16.0. The summed E-state index contributed by atoms with van der Waals surface area (Å²) in [6, 6.07) is 12.8. The molecule has 6 heteroatoms. The van der Waals surface area contributed by atoms with Gasteiger partial charge in [-0.3, -0.25) is 14.5 Å². The number of nitrogens with zero attached hydrogens (tertiary/aromatic N) is 1. The Bertz CT molecular complexity index is 985. The third-order valence-electron chi connectivity index (χ3n) is 5.74. The zero-order chi connectivity index (χ0) is 19.9. The Hall–Kier alpha value is -3.15. The van der Waals surface area contributed by atoms with Gasteiger partial charge in [0.2, 0.25) is 5.91 Å². The Morgan fingerprint density at radius 2 is 1.93 bits per heavy atom. The van der Waals surface area contributed by atoms with E-state index in [-0.39, 0.29) is 12.5 Å². The molecule has 1 aliphatic carbocycles. The van der Waals surface area contributed by atoms with Gasteiger partial charge < -0.3 is 10.6 Å². The molecule has 1 aliphatic heterocycles. The van der Waals surface area contributed by atoms with E-state index in [0.29, 0.717) is 12.1 Å². The van der Waals surface area contributed by atoms with Gasteiger partial charge in [-0.25, -0.2) is 4.79 Å². The van der Waals surface area contributed by atoms with Gasteiger partial charge in [0.15, 0.2) is 0 Å². The van der Waals surface area contributed by atoms with Crippen molar-refractivity contribution >= 4 is 23.5 Å². The summed E-state index contributed by atoms with van der Waals surface area (Å²) < 4.78 is 0. The van der Waals surface area contributed by atoms with E-state index in [9.17, 15) is 14.4 Å². The van der Waals surface area contributed by atoms with Gasteiger partial charge in [-0.05, 0) is 67.5 Å². The van der Waals surface area contributed by atoms with Gasteiger partial charge >= 0.3 is 6.03 Å². The maximum atomic E-state index is 13.2. The molecule has 0 radical (unpaired) electrons. The van der Waals surface area contributed by atoms with E-state index in [2.05, 4.69) is 10.6 Å². The lowest BCUT2D eigenvalue weighted by Crippen LogP contribution is -2.47. The Labute approximate surface area is 163 Å². The number of benzene rings is 2. The van der Waals surface area contributed by atoms with Gasteiger partial charge in [-0.15, -0.1) is 0 Å². The third-order valence-corrected chi connectivity index (χ3v) is 5.74. The first-order chi connectivity index (χ1) is 13.4. The van der Waals surface area contributed by atoms with Crippen LogP contribution in [0.5, 0.6) is 0 Å². The molecule has 1 atom stereocenters. The lowest BCUT2D eigenvalue weighted by molar-refractivity contribution is -0.134. The maximum Gasteiger partial charge on any atom is 0.325 e. The summed E-state index contributed by atoms with van der Waals surface area (Å²) in [4.78, 5) is 39.3. The van der Waals surface area contributed by atoms with Crippen molar-refractivity contribution in [1.82, 2.24) is 10.2 Å². The second-order valence-corrected chi connectivity index (χ2v) is 7.58. The van der Waals surface area contributed by atoms with Gasteiger partial charge in [0.05, 0.1) is 0 Å². The predicted molar refractivity (Wildman–Crippen MR) is 106 cm³/mol. The average molecular weight is 377 g/mol. The molecular formula is C22H23N3O3. The number of nitrogens with one attached hydrogen (secondary N) is 2. The summed E-state index contributed by atoms with van der Waals surface area (Å²) in [5.74, 6) is -0.743. The van der Waals surface area contributed by atoms with Crippen LogP contribution in [0.4, 0.5) is 10.5 Å². The fourth-order valence-electron chi connectivity index (χ4n) is 4.12. The number of rotatable bonds is 3. The summed E-state index contributed by atoms with van der Waals surface area (Å²) in [5.41, 5.74) is 3.71. The van der Waals surface area contributed by atoms with Crippen LogP contribution < -0.4 is 10.6 Å². The summed E-state index contributed by atoms with van der Waals surface area (Å²) in [5, 5.41) is 5.64. The minimum atomic E-state index is -1.05. The molecule has 1 heterocycles. The SMILES string of the molecule is Cc1ccc(NC(=O)CN2C(=O)NC3(CCCc4ccccc43)C2=O)cc1C. The summed E-state index contributed by atoms with van der Waals surface area (Å²) >= 11 is 0. The molecule has 1 spiro atoms. The molecule has 28 heavy (non-hydrogen) atoms. The standard InChI is InChI=1S/C22H23N3O3/c1-14-9-10-17(12-15(14)2)23-19(26)13-25-20(27)22(24-21(25)28)11-5-7-16-6-3-4-8-18(16)22/h3-4,6,8-10,12H,5,7,11,13H2,1-2H3,(H,23,26)(H,24,28). The Balaban J connectivity index is 1.54. The van der Waals surface area contributed by atoms with Crippen molar-refractivity contribution in [1.29, 1.82) is 0 Å². The van der Waals surface area contributed by atoms with Crippen LogP contribution in [0.15, 0.2) is 42.5 Å². The Morgan fingerprint density at radius 3 is 2.71 bits per heavy atom. The number of hydrogen-bond donors (Lipinski definition) is 2. The molecule has 2 aromatic rings. The Kier molecular flexibility index (Phi) is 4.41. The highest BCUT2D eigenvalue weighted by atomic mass is 16.2. The van der Waals surface area contributed by atoms with Crippen molar-refractivity contribution in [2.45, 2.75) is 38.6 Å². The van der Waals surface area contributed by atoms with Crippen molar-refractivity contribution in [3.8, 4) is 0 Å². The van der Waals surface area contributed by atoms with Gasteiger partial charge in [-0.2, -0.15) is 0 Å². The first-order valence-electron chi connectivity index (χ1n) is 9.50. The smallest absolute Gasteiger partial charge is 0.325 e. The summed E-state index contributed by atoms with van der Waals surface area (Å²) in [6.45, 7) is 3.66. The first kappa shape index (κ1) is 18.2. The molecule has 2 aliphatic rings. The topological polar surface area (TPSA) is 78.5 Å². The van der Waals surface area contributed by atoms with Crippen molar-refractivity contribution in [2.75, 3.05) is 11.9 Å². The van der Waals surface area contributed by atoms with Gasteiger partial charge in [-0.1, -0.05) is 30.3 Å². The van der Waals surface area contributed by atoms with E-state index < -0.39 is 17.5 Å². The molecule has 4 amide bonds. The van der Waals surface area contributed by atoms with Gasteiger partial charge in [0, 0.05) is 5.69 Å². The van der Waals surface area contributed by atoms with Crippen molar-refractivity contribution in [2.24, 2.45) is 0 Å². The van der Waals surface area contributed by atoms with Crippen LogP contribution in [0.25, 0.3) is 0 Å². The lowest BCUT2D eigenvalue weighted by atomic mass is 9.76. The number of amides is 4. The quantitative estimate of drug-likeness (QED) is 0.807. The predicted octanol–water partition coefficient (Wildman–Crippen LogP) is 3.03. The maximum absolute atomic E-state index is 13.2. The molecule has 1 fully saturated rings. The molecule has 4 rings (SSSR count). The first-order valence-corrected chi connectivity index (χ1v) is 9.50. The number of urea groups is 1. The van der Waals surface area contributed by atoms with Crippen LogP contribution in [-0.4, -0.2) is 29.3 Å². The molecule has 144 valence electrons. The number of hydrogen-bond acceptors (Lipinski definition) is 3. The normalized spacial score (nSPS) is 20.9. The van der Waals surface area contributed by atoms with Crippen LogP contribution >= 0.6 is 0 Å². The second kappa shape index (κ2) is 6.78. The number of imide groups is 1. The van der Waals surface area contributed by atoms with Crippen LogP contribution in [0.3, 0.4) is 0 Å². The van der Waals surface area contributed by atoms with Crippen molar-refractivity contribution in [3.63, 3.8) is 0 Å². The molecule has 0 saturated carbocycles. The number of carbonyl (C=O) groups excluding carboxylic acids is 3. The minimum Gasteiger partial charge on any atom is -0.325 e. The fourth-order valence-corrected chi connectivity index (χ4v) is 4.12. The summed E-state index contributed by atoms with van der Waals surface area (Å²) in [6.07, 6.45) is 2.24. The number of carbonyl (C=O) groups is 3. The van der Waals surface area contributed by atoms with Crippen LogP contribution in [0.2, 0.25) is 0 Å². The molecule has 0 bridgehead atoms. The molecule has 0 aromatic heterocycles. The molecule has 6 nitrogen and oxygen atoms in total. The van der Waals surface area contributed by atoms with E-state index in [1.165, 1.54) is 0 Å². The molecular weight excluding hydrogens is 354 g/mol. The molecule has 1 unspecified atom stereocenters. The van der Waals surface area contributed by atoms with Gasteiger partial charge in [0.1, 0.15) is 12.1 Å². The monoisotopic (exact) mass is 377 g/mol. The van der Waals surface area contributed by atoms with E-state index in [0.717, 1.165) is 40.0 Å². The number of aryl methyl sites for hydroxylation is 3. The highest BCUT2D eigenvalue weighted by molar-refractivity contribution is 6.10. The average Bonchev–Trinajstić information content (AvgIpc) is 2.90. The largest absolute Gasteiger partial charge is 0.325 e. The number of anilines is 1. The van der Waals surface area contributed by atoms with E-state index in [4.69, 9.17) is 0 Å². The van der Waals surface area contributed by atoms with E-state index in [1.54, 1.807) is 0 Å². The minimum absolute atomic E-state index is 0.304. The second-order valence-electron chi connectivity index (χ2n) is 7.58. The van der Waals surface area contributed by atoms with Crippen LogP contribution in [0.1, 0.15) is 35.1 Å². The highest BCUT2D eigenvalue weighted by Crippen LogP contribution is 2.39. The van der Waals surface area contributed by atoms with Crippen LogP contribution in [-0.2, 0) is 21.5 Å². The fraction of sp³-hybridized carbons (Fsp3) is 0.318. The molecule has 1 saturated heterocycles. The van der Waals surface area contributed by atoms with Crippen molar-refractivity contribution in [3.05, 3.63) is 64.7 Å². The van der Waals surface area contributed by atoms with Crippen LogP contribution in [0, 0.1) is 13.8 Å². The molecule has 2 aromatic carbocycles. The Morgan fingerprint density at radius 1 is 1.14 bits per heavy atom. The zero-order valence-electron chi connectivity index (χ0n) is 16.0. The highest BCUT2D eigenvalue weighted by Gasteiger charge is 2.54. The molecule has 2 N–H and O–H groups in total. The van der Waals surface area contributed by atoms with Crippen molar-refractivity contribution < 1.29 is 14.4 Å². The number of fused-ring (bicyclic) bond motifs is 2. The lowest BCUT2D eigenvalue weighted by Gasteiger charge is -2.33. The third kappa shape index (κ3) is 2.95. The summed E-state index contributed by atoms with van der Waals surface area (Å²) in [7, 11) is 0. The van der Waals surface area contributed by atoms with Gasteiger partial charge in [0.25, 0.3) is 5.91 Å². The van der Waals surface area contributed by atoms with E-state index in [1.807, 2.05) is 56.3 Å². The van der Waals surface area contributed by atoms with E-state index >= 15 is 0 Å².